The van der Waals surface area contributed by atoms with E-state index in [2.05, 4.69) is 11.9 Å². The van der Waals surface area contributed by atoms with Crippen molar-refractivity contribution >= 4 is 23.2 Å². The van der Waals surface area contributed by atoms with Crippen molar-refractivity contribution in [1.82, 2.24) is 0 Å². The molecule has 1 aliphatic heterocycles. The normalized spacial score (nSPS) is 14.8. The van der Waals surface area contributed by atoms with Gasteiger partial charge >= 0.3 is 0 Å². The third-order valence-electron chi connectivity index (χ3n) is 4.69. The second kappa shape index (κ2) is 8.90. The van der Waals surface area contributed by atoms with E-state index in [9.17, 15) is 9.59 Å². The molecule has 2 aromatic rings. The second-order valence-electron chi connectivity index (χ2n) is 7.55. The molecule has 0 unspecified atom stereocenters. The first-order chi connectivity index (χ1) is 14.4. The van der Waals surface area contributed by atoms with E-state index in [1.165, 1.54) is 0 Å². The molecule has 0 saturated heterocycles. The predicted molar refractivity (Wildman–Crippen MR) is 115 cm³/mol. The number of hydrogen-bond acceptors (Lipinski definition) is 5. The Balaban J connectivity index is 1.73. The lowest BCUT2D eigenvalue weighted by Gasteiger charge is -2.27. The fourth-order valence-electron chi connectivity index (χ4n) is 3.11. The maximum Gasteiger partial charge on any atom is 0.262 e. The molecule has 0 atom stereocenters. The summed E-state index contributed by atoms with van der Waals surface area (Å²) < 4.78 is 16.7. The number of para-hydroxylation sites is 2. The van der Waals surface area contributed by atoms with Crippen LogP contribution < -0.4 is 24.4 Å². The Labute approximate surface area is 176 Å². The number of anilines is 2. The number of carbonyl (C=O) groups is 2. The van der Waals surface area contributed by atoms with Crippen LogP contribution in [0.3, 0.4) is 0 Å². The monoisotopic (exact) mass is 410 g/mol. The van der Waals surface area contributed by atoms with Crippen molar-refractivity contribution in [1.29, 1.82) is 0 Å². The molecular formula is C23H26N2O5. The van der Waals surface area contributed by atoms with Crippen molar-refractivity contribution in [2.75, 3.05) is 37.1 Å². The molecule has 1 N–H and O–H groups in total. The highest BCUT2D eigenvalue weighted by atomic mass is 16.5. The van der Waals surface area contributed by atoms with Gasteiger partial charge in [0, 0.05) is 18.3 Å². The molecule has 0 aliphatic carbocycles. The number of methoxy groups -OCH3 is 1. The van der Waals surface area contributed by atoms with Crippen LogP contribution in [0.4, 0.5) is 11.4 Å². The lowest BCUT2D eigenvalue weighted by Crippen LogP contribution is -2.42. The molecular weight excluding hydrogens is 384 g/mol. The fourth-order valence-corrected chi connectivity index (χ4v) is 3.11. The van der Waals surface area contributed by atoms with E-state index in [0.717, 1.165) is 0 Å². The first-order valence-corrected chi connectivity index (χ1v) is 9.61. The summed E-state index contributed by atoms with van der Waals surface area (Å²) in [5.41, 5.74) is 0.524. The van der Waals surface area contributed by atoms with Crippen molar-refractivity contribution in [3.63, 3.8) is 0 Å². The van der Waals surface area contributed by atoms with Crippen LogP contribution in [0.1, 0.15) is 13.8 Å². The van der Waals surface area contributed by atoms with E-state index in [0.29, 0.717) is 35.2 Å². The van der Waals surface area contributed by atoms with Gasteiger partial charge < -0.3 is 24.4 Å². The van der Waals surface area contributed by atoms with Crippen LogP contribution in [0.25, 0.3) is 0 Å². The van der Waals surface area contributed by atoms with Gasteiger partial charge in [-0.1, -0.05) is 18.2 Å². The Morgan fingerprint density at radius 1 is 1.27 bits per heavy atom. The van der Waals surface area contributed by atoms with Gasteiger partial charge in [0.2, 0.25) is 5.91 Å². The number of ether oxygens (including phenoxy) is 3. The van der Waals surface area contributed by atoms with E-state index >= 15 is 0 Å². The molecule has 1 heterocycles. The number of benzene rings is 2. The number of rotatable bonds is 7. The molecule has 0 fully saturated rings. The third kappa shape index (κ3) is 4.56. The maximum absolute atomic E-state index is 12.9. The molecule has 7 nitrogen and oxygen atoms in total. The van der Waals surface area contributed by atoms with Gasteiger partial charge in [0.25, 0.3) is 5.91 Å². The lowest BCUT2D eigenvalue weighted by molar-refractivity contribution is -0.127. The van der Waals surface area contributed by atoms with E-state index in [1.54, 1.807) is 54.5 Å². The van der Waals surface area contributed by atoms with Crippen LogP contribution >= 0.6 is 0 Å². The van der Waals surface area contributed by atoms with Gasteiger partial charge in [0.1, 0.15) is 12.4 Å². The molecule has 3 rings (SSSR count). The lowest BCUT2D eigenvalue weighted by atomic mass is 9.93. The van der Waals surface area contributed by atoms with E-state index in [1.807, 2.05) is 19.9 Å². The van der Waals surface area contributed by atoms with E-state index in [-0.39, 0.29) is 25.0 Å². The summed E-state index contributed by atoms with van der Waals surface area (Å²) in [5, 5.41) is 2.79. The number of nitrogens with zero attached hydrogens (tertiary/aromatic N) is 1. The minimum absolute atomic E-state index is 0.0388. The molecule has 0 spiro atoms. The Morgan fingerprint density at radius 3 is 2.70 bits per heavy atom. The number of nitrogens with one attached hydrogen (secondary N) is 1. The zero-order valence-electron chi connectivity index (χ0n) is 17.4. The summed E-state index contributed by atoms with van der Waals surface area (Å²) in [7, 11) is 1.54. The van der Waals surface area contributed by atoms with E-state index in [4.69, 9.17) is 14.2 Å². The Hall–Kier alpha value is -3.48. The van der Waals surface area contributed by atoms with Gasteiger partial charge in [0.05, 0.1) is 18.2 Å². The van der Waals surface area contributed by atoms with E-state index < -0.39 is 5.41 Å². The van der Waals surface area contributed by atoms with Gasteiger partial charge in [-0.05, 0) is 38.1 Å². The van der Waals surface area contributed by atoms with Gasteiger partial charge in [-0.3, -0.25) is 9.59 Å². The summed E-state index contributed by atoms with van der Waals surface area (Å²) in [4.78, 5) is 26.8. The highest BCUT2D eigenvalue weighted by Crippen LogP contribution is 2.38. The quantitative estimate of drug-likeness (QED) is 0.705. The Morgan fingerprint density at radius 2 is 2.00 bits per heavy atom. The predicted octanol–water partition coefficient (Wildman–Crippen LogP) is 3.65. The minimum Gasteiger partial charge on any atom is -0.493 e. The highest BCUT2D eigenvalue weighted by molar-refractivity contribution is 6.00. The summed E-state index contributed by atoms with van der Waals surface area (Å²) >= 11 is 0. The van der Waals surface area contributed by atoms with Crippen molar-refractivity contribution in [2.24, 2.45) is 5.41 Å². The molecule has 158 valence electrons. The van der Waals surface area contributed by atoms with Gasteiger partial charge in [0.15, 0.2) is 18.1 Å². The SMILES string of the molecule is C=CCN1C(=O)C(C)(C)COc2cc(NC(=O)COc3ccccc3OC)ccc21. The summed E-state index contributed by atoms with van der Waals surface area (Å²) in [6.45, 7) is 7.86. The molecule has 0 radical (unpaired) electrons. The van der Waals surface area contributed by atoms with Crippen LogP contribution in [0.2, 0.25) is 0 Å². The van der Waals surface area contributed by atoms with Crippen LogP contribution in [0.15, 0.2) is 55.1 Å². The van der Waals surface area contributed by atoms with Gasteiger partial charge in [-0.25, -0.2) is 0 Å². The molecule has 0 saturated carbocycles. The van der Waals surface area contributed by atoms with Gasteiger partial charge in [-0.2, -0.15) is 0 Å². The topological polar surface area (TPSA) is 77.1 Å². The zero-order valence-corrected chi connectivity index (χ0v) is 17.4. The van der Waals surface area contributed by atoms with Crippen LogP contribution in [0.5, 0.6) is 17.2 Å². The van der Waals surface area contributed by atoms with Crippen molar-refractivity contribution < 1.29 is 23.8 Å². The molecule has 2 aromatic carbocycles. The summed E-state index contributed by atoms with van der Waals surface area (Å²) in [5.74, 6) is 1.20. The molecule has 1 aliphatic rings. The maximum atomic E-state index is 12.9. The van der Waals surface area contributed by atoms with Crippen molar-refractivity contribution in [3.05, 3.63) is 55.1 Å². The number of hydrogen-bond donors (Lipinski definition) is 1. The molecule has 30 heavy (non-hydrogen) atoms. The molecule has 2 amide bonds. The van der Waals surface area contributed by atoms with Crippen LogP contribution in [0, 0.1) is 5.41 Å². The average molecular weight is 410 g/mol. The molecule has 7 heteroatoms. The first-order valence-electron chi connectivity index (χ1n) is 9.61. The summed E-state index contributed by atoms with van der Waals surface area (Å²) in [6.07, 6.45) is 1.67. The Bertz CT molecular complexity index is 954. The number of amides is 2. The average Bonchev–Trinajstić information content (AvgIpc) is 2.83. The van der Waals surface area contributed by atoms with Gasteiger partial charge in [-0.15, -0.1) is 6.58 Å². The number of fused-ring (bicyclic) bond motifs is 1. The summed E-state index contributed by atoms with van der Waals surface area (Å²) in [6, 6.07) is 12.3. The Kier molecular flexibility index (Phi) is 6.30. The second-order valence-corrected chi connectivity index (χ2v) is 7.55. The fraction of sp³-hybridized carbons (Fsp3) is 0.304. The largest absolute Gasteiger partial charge is 0.493 e. The standard InChI is InChI=1S/C23H26N2O5/c1-5-12-25-17-11-10-16(13-20(17)30-15-23(2,3)22(25)27)24-21(26)14-29-19-9-7-6-8-18(19)28-4/h5-11,13H,1,12,14-15H2,2-4H3,(H,24,26). The van der Waals surface area contributed by atoms with Crippen molar-refractivity contribution in [2.45, 2.75) is 13.8 Å². The highest BCUT2D eigenvalue weighted by Gasteiger charge is 2.37. The molecule has 0 aromatic heterocycles. The third-order valence-corrected chi connectivity index (χ3v) is 4.69. The smallest absolute Gasteiger partial charge is 0.262 e. The molecule has 0 bridgehead atoms. The van der Waals surface area contributed by atoms with Crippen LogP contribution in [-0.2, 0) is 9.59 Å². The van der Waals surface area contributed by atoms with Crippen molar-refractivity contribution in [3.8, 4) is 17.2 Å². The number of carbonyl (C=O) groups excluding carboxylic acids is 2. The first kappa shape index (κ1) is 21.2. The zero-order chi connectivity index (χ0) is 21.7. The minimum atomic E-state index is -0.673. The van der Waals surface area contributed by atoms with Crippen LogP contribution in [-0.4, -0.2) is 38.7 Å².